The number of carbonyl (C=O) groups is 1. The van der Waals surface area contributed by atoms with Gasteiger partial charge in [-0.05, 0) is 37.0 Å². The highest BCUT2D eigenvalue weighted by Gasteiger charge is 2.22. The first-order valence-corrected chi connectivity index (χ1v) is 7.41. The van der Waals surface area contributed by atoms with Gasteiger partial charge in [-0.2, -0.15) is 0 Å². The molecule has 1 aromatic rings. The number of amides is 1. The first-order chi connectivity index (χ1) is 9.58. The molecule has 0 aliphatic carbocycles. The molecule has 1 aliphatic heterocycles. The van der Waals surface area contributed by atoms with Crippen molar-refractivity contribution in [2.45, 2.75) is 12.8 Å². The van der Waals surface area contributed by atoms with Gasteiger partial charge in [-0.1, -0.05) is 23.2 Å². The third kappa shape index (κ3) is 4.27. The maximum atomic E-state index is 11.5. The zero-order valence-corrected chi connectivity index (χ0v) is 12.7. The van der Waals surface area contributed by atoms with Gasteiger partial charge in [0.05, 0.1) is 13.2 Å². The summed E-state index contributed by atoms with van der Waals surface area (Å²) >= 11 is 11.8. The van der Waals surface area contributed by atoms with E-state index in [2.05, 4.69) is 0 Å². The van der Waals surface area contributed by atoms with Crippen molar-refractivity contribution in [1.29, 1.82) is 0 Å². The van der Waals surface area contributed by atoms with Crippen molar-refractivity contribution < 1.29 is 9.53 Å². The lowest BCUT2D eigenvalue weighted by atomic mass is 9.98. The number of ether oxygens (including phenoxy) is 1. The van der Waals surface area contributed by atoms with E-state index in [9.17, 15) is 4.79 Å². The molecule has 2 N–H and O–H groups in total. The molecule has 110 valence electrons. The fourth-order valence-corrected chi connectivity index (χ4v) is 2.81. The van der Waals surface area contributed by atoms with Gasteiger partial charge in [-0.25, -0.2) is 0 Å². The SMILES string of the molecule is NCC(=O)N1CCC(COc2cc(Cl)cc(Cl)c2)CC1. The Kier molecular flexibility index (Phi) is 5.52. The molecule has 0 saturated carbocycles. The Bertz CT molecular complexity index is 454. The Morgan fingerprint density at radius 3 is 2.40 bits per heavy atom. The van der Waals surface area contributed by atoms with E-state index >= 15 is 0 Å². The van der Waals surface area contributed by atoms with Crippen LogP contribution in [0.15, 0.2) is 18.2 Å². The third-order valence-electron chi connectivity index (χ3n) is 3.46. The second kappa shape index (κ2) is 7.16. The molecule has 6 heteroatoms. The summed E-state index contributed by atoms with van der Waals surface area (Å²) in [6, 6.07) is 5.17. The van der Waals surface area contributed by atoms with Crippen LogP contribution in [-0.4, -0.2) is 37.0 Å². The molecule has 4 nitrogen and oxygen atoms in total. The van der Waals surface area contributed by atoms with Crippen LogP contribution in [0.4, 0.5) is 0 Å². The highest BCUT2D eigenvalue weighted by atomic mass is 35.5. The second-order valence-electron chi connectivity index (χ2n) is 4.94. The minimum atomic E-state index is 0.0194. The van der Waals surface area contributed by atoms with Gasteiger partial charge < -0.3 is 15.4 Å². The minimum absolute atomic E-state index is 0.0194. The van der Waals surface area contributed by atoms with Crippen LogP contribution < -0.4 is 10.5 Å². The van der Waals surface area contributed by atoms with Gasteiger partial charge in [0.25, 0.3) is 0 Å². The molecule has 1 saturated heterocycles. The van der Waals surface area contributed by atoms with Crippen molar-refractivity contribution in [2.75, 3.05) is 26.2 Å². The summed E-state index contributed by atoms with van der Waals surface area (Å²) in [5, 5.41) is 1.13. The quantitative estimate of drug-likeness (QED) is 0.928. The zero-order chi connectivity index (χ0) is 14.5. The van der Waals surface area contributed by atoms with Crippen molar-refractivity contribution in [3.8, 4) is 5.75 Å². The van der Waals surface area contributed by atoms with E-state index in [4.69, 9.17) is 33.7 Å². The normalized spacial score (nSPS) is 16.2. The lowest BCUT2D eigenvalue weighted by Gasteiger charge is -2.31. The second-order valence-corrected chi connectivity index (χ2v) is 5.82. The van der Waals surface area contributed by atoms with Gasteiger partial charge in [-0.15, -0.1) is 0 Å². The zero-order valence-electron chi connectivity index (χ0n) is 11.1. The van der Waals surface area contributed by atoms with Crippen LogP contribution in [0.2, 0.25) is 10.0 Å². The number of likely N-dealkylation sites (tertiary alicyclic amines) is 1. The average Bonchev–Trinajstić information content (AvgIpc) is 2.44. The Balaban J connectivity index is 1.80. The number of nitrogens with zero attached hydrogens (tertiary/aromatic N) is 1. The smallest absolute Gasteiger partial charge is 0.236 e. The van der Waals surface area contributed by atoms with Crippen molar-refractivity contribution in [3.05, 3.63) is 28.2 Å². The molecule has 0 atom stereocenters. The maximum absolute atomic E-state index is 11.5. The first kappa shape index (κ1) is 15.4. The number of benzene rings is 1. The molecule has 0 spiro atoms. The maximum Gasteiger partial charge on any atom is 0.236 e. The summed E-state index contributed by atoms with van der Waals surface area (Å²) in [5.41, 5.74) is 5.36. The third-order valence-corrected chi connectivity index (χ3v) is 3.90. The number of hydrogen-bond acceptors (Lipinski definition) is 3. The van der Waals surface area contributed by atoms with E-state index in [1.54, 1.807) is 18.2 Å². The number of nitrogens with two attached hydrogens (primary N) is 1. The predicted octanol–water partition coefficient (Wildman–Crippen LogP) is 2.57. The van der Waals surface area contributed by atoms with E-state index in [1.165, 1.54) is 0 Å². The lowest BCUT2D eigenvalue weighted by molar-refractivity contribution is -0.131. The van der Waals surface area contributed by atoms with Crippen LogP contribution in [0.25, 0.3) is 0 Å². The summed E-state index contributed by atoms with van der Waals surface area (Å²) in [7, 11) is 0. The molecule has 0 radical (unpaired) electrons. The molecule has 0 aromatic heterocycles. The number of piperidine rings is 1. The summed E-state index contributed by atoms with van der Waals surface area (Å²) in [6.45, 7) is 2.20. The predicted molar refractivity (Wildman–Crippen MR) is 80.3 cm³/mol. The van der Waals surface area contributed by atoms with Gasteiger partial charge in [0, 0.05) is 23.1 Å². The molecule has 1 amide bonds. The minimum Gasteiger partial charge on any atom is -0.493 e. The van der Waals surface area contributed by atoms with E-state index < -0.39 is 0 Å². The average molecular weight is 317 g/mol. The monoisotopic (exact) mass is 316 g/mol. The van der Waals surface area contributed by atoms with Crippen molar-refractivity contribution in [1.82, 2.24) is 4.90 Å². The fourth-order valence-electron chi connectivity index (χ4n) is 2.30. The fraction of sp³-hybridized carbons (Fsp3) is 0.500. The Morgan fingerprint density at radius 1 is 1.25 bits per heavy atom. The van der Waals surface area contributed by atoms with Crippen molar-refractivity contribution >= 4 is 29.1 Å². The number of rotatable bonds is 4. The molecule has 0 unspecified atom stereocenters. The number of halogens is 2. The van der Waals surface area contributed by atoms with Gasteiger partial charge in [-0.3, -0.25) is 4.79 Å². The molecule has 1 heterocycles. The van der Waals surface area contributed by atoms with Crippen molar-refractivity contribution in [3.63, 3.8) is 0 Å². The molecule has 20 heavy (non-hydrogen) atoms. The van der Waals surface area contributed by atoms with E-state index in [-0.39, 0.29) is 12.5 Å². The van der Waals surface area contributed by atoms with Crippen molar-refractivity contribution in [2.24, 2.45) is 11.7 Å². The molecule has 1 fully saturated rings. The van der Waals surface area contributed by atoms with Crippen LogP contribution in [0.1, 0.15) is 12.8 Å². The van der Waals surface area contributed by atoms with Crippen LogP contribution >= 0.6 is 23.2 Å². The topological polar surface area (TPSA) is 55.6 Å². The molecule has 0 bridgehead atoms. The first-order valence-electron chi connectivity index (χ1n) is 6.65. The molecule has 2 rings (SSSR count). The lowest BCUT2D eigenvalue weighted by Crippen LogP contribution is -2.42. The summed E-state index contributed by atoms with van der Waals surface area (Å²) in [5.74, 6) is 1.14. The standard InChI is InChI=1S/C14H18Cl2N2O2/c15-11-5-12(16)7-13(6-11)20-9-10-1-3-18(4-2-10)14(19)8-17/h5-7,10H,1-4,8-9,17H2. The highest BCUT2D eigenvalue weighted by molar-refractivity contribution is 6.34. The van der Waals surface area contributed by atoms with E-state index in [1.807, 2.05) is 4.90 Å². The Morgan fingerprint density at radius 2 is 1.85 bits per heavy atom. The van der Waals surface area contributed by atoms with Gasteiger partial charge in [0.15, 0.2) is 0 Å². The van der Waals surface area contributed by atoms with Gasteiger partial charge in [0.1, 0.15) is 5.75 Å². The van der Waals surface area contributed by atoms with Crippen LogP contribution in [0.3, 0.4) is 0 Å². The number of hydrogen-bond donors (Lipinski definition) is 1. The van der Waals surface area contributed by atoms with Gasteiger partial charge in [0.2, 0.25) is 5.91 Å². The Hall–Kier alpha value is -0.970. The Labute approximate surface area is 128 Å². The summed E-state index contributed by atoms with van der Waals surface area (Å²) in [6.07, 6.45) is 1.86. The van der Waals surface area contributed by atoms with Crippen LogP contribution in [0, 0.1) is 5.92 Å². The van der Waals surface area contributed by atoms with E-state index in [0.717, 1.165) is 25.9 Å². The summed E-state index contributed by atoms with van der Waals surface area (Å²) < 4.78 is 5.73. The largest absolute Gasteiger partial charge is 0.493 e. The van der Waals surface area contributed by atoms with E-state index in [0.29, 0.717) is 28.3 Å². The molecular formula is C14H18Cl2N2O2. The molecular weight excluding hydrogens is 299 g/mol. The highest BCUT2D eigenvalue weighted by Crippen LogP contribution is 2.25. The number of carbonyl (C=O) groups excluding carboxylic acids is 1. The van der Waals surface area contributed by atoms with Crippen LogP contribution in [0.5, 0.6) is 5.75 Å². The van der Waals surface area contributed by atoms with Gasteiger partial charge >= 0.3 is 0 Å². The molecule has 1 aromatic carbocycles. The molecule has 1 aliphatic rings. The summed E-state index contributed by atoms with van der Waals surface area (Å²) in [4.78, 5) is 13.3. The van der Waals surface area contributed by atoms with Crippen LogP contribution in [-0.2, 0) is 4.79 Å².